The lowest BCUT2D eigenvalue weighted by Gasteiger charge is -2.19. The van der Waals surface area contributed by atoms with Crippen LogP contribution in [0.1, 0.15) is 6.42 Å². The molecule has 0 spiro atoms. The second kappa shape index (κ2) is 3.85. The van der Waals surface area contributed by atoms with Crippen LogP contribution in [0.5, 0.6) is 0 Å². The number of aliphatic hydroxyl groups is 2. The zero-order chi connectivity index (χ0) is 8.27. The van der Waals surface area contributed by atoms with Crippen molar-refractivity contribution in [2.75, 3.05) is 19.7 Å². The van der Waals surface area contributed by atoms with Crippen molar-refractivity contribution in [3.05, 3.63) is 12.7 Å². The Balaban J connectivity index is 2.43. The molecule has 1 heterocycles. The van der Waals surface area contributed by atoms with Crippen LogP contribution in [0.3, 0.4) is 0 Å². The number of nitrogens with zero attached hydrogens (tertiary/aromatic N) is 1. The van der Waals surface area contributed by atoms with Crippen molar-refractivity contribution in [3.8, 4) is 0 Å². The molecule has 64 valence electrons. The zero-order valence-electron chi connectivity index (χ0n) is 6.61. The third kappa shape index (κ3) is 2.02. The number of hydrogen-bond donors (Lipinski definition) is 2. The molecule has 0 radical (unpaired) electrons. The van der Waals surface area contributed by atoms with Crippen LogP contribution in [0, 0.1) is 0 Å². The molecule has 2 atom stereocenters. The number of likely N-dealkylation sites (tertiary alicyclic amines) is 1. The summed E-state index contributed by atoms with van der Waals surface area (Å²) in [5.74, 6) is 0. The van der Waals surface area contributed by atoms with Gasteiger partial charge in [0, 0.05) is 19.1 Å². The molecule has 1 fully saturated rings. The summed E-state index contributed by atoms with van der Waals surface area (Å²) in [6, 6.07) is 0.128. The van der Waals surface area contributed by atoms with Gasteiger partial charge in [-0.2, -0.15) is 0 Å². The Morgan fingerprint density at radius 1 is 1.64 bits per heavy atom. The maximum absolute atomic E-state index is 9.24. The molecule has 0 bridgehead atoms. The fraction of sp³-hybridized carbons (Fsp3) is 0.750. The van der Waals surface area contributed by atoms with Crippen molar-refractivity contribution in [2.24, 2.45) is 0 Å². The minimum Gasteiger partial charge on any atom is -0.395 e. The van der Waals surface area contributed by atoms with Gasteiger partial charge in [-0.3, -0.25) is 4.90 Å². The fourth-order valence-corrected chi connectivity index (χ4v) is 1.54. The first-order valence-corrected chi connectivity index (χ1v) is 3.91. The highest BCUT2D eigenvalue weighted by Gasteiger charge is 2.28. The number of β-amino-alcohol motifs (C(OH)–C–C–N with tert-alkyl or cyclic N) is 1. The zero-order valence-corrected chi connectivity index (χ0v) is 6.61. The molecule has 3 heteroatoms. The molecular weight excluding hydrogens is 142 g/mol. The molecule has 0 saturated carbocycles. The fourth-order valence-electron chi connectivity index (χ4n) is 1.54. The van der Waals surface area contributed by atoms with E-state index in [0.717, 1.165) is 6.54 Å². The van der Waals surface area contributed by atoms with E-state index >= 15 is 0 Å². The summed E-state index contributed by atoms with van der Waals surface area (Å²) in [6.45, 7) is 5.16. The van der Waals surface area contributed by atoms with Gasteiger partial charge in [0.15, 0.2) is 0 Å². The highest BCUT2D eigenvalue weighted by molar-refractivity contribution is 4.88. The van der Waals surface area contributed by atoms with Crippen LogP contribution >= 0.6 is 0 Å². The van der Waals surface area contributed by atoms with Gasteiger partial charge >= 0.3 is 0 Å². The average Bonchev–Trinajstić information content (AvgIpc) is 2.32. The van der Waals surface area contributed by atoms with Crippen molar-refractivity contribution in [1.82, 2.24) is 4.90 Å². The molecule has 11 heavy (non-hydrogen) atoms. The van der Waals surface area contributed by atoms with Gasteiger partial charge in [-0.05, 0) is 6.42 Å². The summed E-state index contributed by atoms with van der Waals surface area (Å²) in [5.41, 5.74) is 0. The van der Waals surface area contributed by atoms with E-state index in [1.54, 1.807) is 6.08 Å². The number of aliphatic hydroxyl groups excluding tert-OH is 2. The van der Waals surface area contributed by atoms with Gasteiger partial charge in [0.05, 0.1) is 12.7 Å². The standard InChI is InChI=1S/C8H15NO2/c1-2-3-9-5-8(11)4-7(9)6-10/h2,7-8,10-11H,1,3-6H2. The summed E-state index contributed by atoms with van der Waals surface area (Å²) in [7, 11) is 0. The molecule has 0 aromatic carbocycles. The Labute approximate surface area is 66.9 Å². The minimum atomic E-state index is -0.271. The summed E-state index contributed by atoms with van der Waals surface area (Å²) >= 11 is 0. The Morgan fingerprint density at radius 3 is 2.91 bits per heavy atom. The SMILES string of the molecule is C=CCN1CC(O)CC1CO. The first-order chi connectivity index (χ1) is 5.27. The average molecular weight is 157 g/mol. The lowest BCUT2D eigenvalue weighted by Crippen LogP contribution is -2.32. The topological polar surface area (TPSA) is 43.7 Å². The van der Waals surface area contributed by atoms with E-state index in [9.17, 15) is 5.11 Å². The molecule has 0 amide bonds. The highest BCUT2D eigenvalue weighted by atomic mass is 16.3. The maximum atomic E-state index is 9.24. The second-order valence-electron chi connectivity index (χ2n) is 2.97. The largest absolute Gasteiger partial charge is 0.395 e. The van der Waals surface area contributed by atoms with Crippen molar-refractivity contribution in [1.29, 1.82) is 0 Å². The number of hydrogen-bond acceptors (Lipinski definition) is 3. The van der Waals surface area contributed by atoms with Gasteiger partial charge < -0.3 is 10.2 Å². The van der Waals surface area contributed by atoms with Gasteiger partial charge in [0.2, 0.25) is 0 Å². The summed E-state index contributed by atoms with van der Waals surface area (Å²) < 4.78 is 0. The summed E-state index contributed by atoms with van der Waals surface area (Å²) in [4.78, 5) is 2.04. The Kier molecular flexibility index (Phi) is 3.05. The van der Waals surface area contributed by atoms with Gasteiger partial charge in [-0.15, -0.1) is 6.58 Å². The summed E-state index contributed by atoms with van der Waals surface area (Å²) in [6.07, 6.45) is 2.21. The second-order valence-corrected chi connectivity index (χ2v) is 2.97. The molecule has 2 unspecified atom stereocenters. The third-order valence-corrected chi connectivity index (χ3v) is 2.08. The smallest absolute Gasteiger partial charge is 0.0683 e. The van der Waals surface area contributed by atoms with Gasteiger partial charge in [-0.1, -0.05) is 6.08 Å². The van der Waals surface area contributed by atoms with Gasteiger partial charge in [-0.25, -0.2) is 0 Å². The molecule has 0 aromatic rings. The molecule has 1 saturated heterocycles. The molecule has 1 aliphatic heterocycles. The van der Waals surface area contributed by atoms with E-state index in [1.165, 1.54) is 0 Å². The normalized spacial score (nSPS) is 32.5. The molecule has 0 aromatic heterocycles. The molecule has 2 N–H and O–H groups in total. The Bertz CT molecular complexity index is 138. The molecule has 1 aliphatic rings. The number of rotatable bonds is 3. The van der Waals surface area contributed by atoms with Crippen molar-refractivity contribution >= 4 is 0 Å². The van der Waals surface area contributed by atoms with E-state index in [4.69, 9.17) is 5.11 Å². The maximum Gasteiger partial charge on any atom is 0.0683 e. The molecule has 1 rings (SSSR count). The van der Waals surface area contributed by atoms with Gasteiger partial charge in [0.25, 0.3) is 0 Å². The highest BCUT2D eigenvalue weighted by Crippen LogP contribution is 2.16. The van der Waals surface area contributed by atoms with Crippen molar-refractivity contribution in [3.63, 3.8) is 0 Å². The predicted octanol–water partition coefficient (Wildman–Crippen LogP) is -0.400. The van der Waals surface area contributed by atoms with E-state index in [1.807, 2.05) is 4.90 Å². The minimum absolute atomic E-state index is 0.128. The van der Waals surface area contributed by atoms with Crippen LogP contribution in [0.15, 0.2) is 12.7 Å². The Morgan fingerprint density at radius 2 is 2.36 bits per heavy atom. The third-order valence-electron chi connectivity index (χ3n) is 2.08. The van der Waals surface area contributed by atoms with Crippen molar-refractivity contribution < 1.29 is 10.2 Å². The van der Waals surface area contributed by atoms with Crippen LogP contribution in [0.2, 0.25) is 0 Å². The van der Waals surface area contributed by atoms with E-state index in [2.05, 4.69) is 6.58 Å². The molecular formula is C8H15NO2. The molecule has 0 aliphatic carbocycles. The Hall–Kier alpha value is -0.380. The van der Waals surface area contributed by atoms with E-state index in [-0.39, 0.29) is 18.8 Å². The summed E-state index contributed by atoms with van der Waals surface area (Å²) in [5, 5.41) is 18.1. The monoisotopic (exact) mass is 157 g/mol. The van der Waals surface area contributed by atoms with Crippen LogP contribution in [-0.2, 0) is 0 Å². The van der Waals surface area contributed by atoms with Crippen molar-refractivity contribution in [2.45, 2.75) is 18.6 Å². The molecule has 3 nitrogen and oxygen atoms in total. The van der Waals surface area contributed by atoms with E-state index in [0.29, 0.717) is 13.0 Å². The van der Waals surface area contributed by atoms with E-state index < -0.39 is 0 Å². The van der Waals surface area contributed by atoms with Crippen LogP contribution in [0.25, 0.3) is 0 Å². The van der Waals surface area contributed by atoms with Gasteiger partial charge in [0.1, 0.15) is 0 Å². The van der Waals surface area contributed by atoms with Crippen LogP contribution in [-0.4, -0.2) is 47.0 Å². The first-order valence-electron chi connectivity index (χ1n) is 3.91. The predicted molar refractivity (Wildman–Crippen MR) is 43.3 cm³/mol. The van der Waals surface area contributed by atoms with Crippen LogP contribution < -0.4 is 0 Å². The lowest BCUT2D eigenvalue weighted by atomic mass is 10.2. The quantitative estimate of drug-likeness (QED) is 0.548. The first kappa shape index (κ1) is 8.71. The van der Waals surface area contributed by atoms with Crippen LogP contribution in [0.4, 0.5) is 0 Å². The lowest BCUT2D eigenvalue weighted by molar-refractivity contribution is 0.167.